The molecule has 140 valence electrons. The molecular weight excluding hydrogens is 364 g/mol. The number of hydrogen-bond donors (Lipinski definition) is 0. The van der Waals surface area contributed by atoms with Crippen LogP contribution in [0.1, 0.15) is 12.0 Å². The lowest BCUT2D eigenvalue weighted by molar-refractivity contribution is 0.134. The summed E-state index contributed by atoms with van der Waals surface area (Å²) in [5.41, 5.74) is 1.42. The van der Waals surface area contributed by atoms with Gasteiger partial charge in [-0.3, -0.25) is 4.21 Å². The van der Waals surface area contributed by atoms with E-state index < -0.39 is 10.8 Å². The van der Waals surface area contributed by atoms with Gasteiger partial charge in [0.25, 0.3) is 0 Å². The third-order valence-electron chi connectivity index (χ3n) is 4.91. The Hall–Kier alpha value is -1.20. The number of piperazine rings is 1. The number of halogens is 1. The van der Waals surface area contributed by atoms with Crippen LogP contribution in [0, 0.1) is 0 Å². The van der Waals surface area contributed by atoms with Crippen LogP contribution in [-0.2, 0) is 17.2 Å². The van der Waals surface area contributed by atoms with Gasteiger partial charge in [-0.25, -0.2) is 0 Å². The van der Waals surface area contributed by atoms with Crippen molar-refractivity contribution < 1.29 is 4.21 Å². The quantitative estimate of drug-likeness (QED) is 0.686. The molecule has 0 aliphatic carbocycles. The van der Waals surface area contributed by atoms with E-state index in [0.717, 1.165) is 62.8 Å². The Labute approximate surface area is 164 Å². The lowest BCUT2D eigenvalue weighted by atomic mass is 10.1. The van der Waals surface area contributed by atoms with Gasteiger partial charge in [-0.2, -0.15) is 0 Å². The maximum Gasteiger partial charge on any atom is 0.0529 e. The van der Waals surface area contributed by atoms with E-state index in [0.29, 0.717) is 5.02 Å². The number of rotatable bonds is 8. The average Bonchev–Trinajstić information content (AvgIpc) is 2.68. The van der Waals surface area contributed by atoms with Crippen molar-refractivity contribution >= 4 is 22.4 Å². The first-order valence-corrected chi connectivity index (χ1v) is 11.0. The van der Waals surface area contributed by atoms with E-state index in [1.807, 2.05) is 24.3 Å². The zero-order valence-electron chi connectivity index (χ0n) is 15.1. The third-order valence-corrected chi connectivity index (χ3v) is 6.61. The SMILES string of the molecule is O=S(CCCN1CCN(CCc2ccccc2)CC1)c1ccc(Cl)cc1. The Morgan fingerprint density at radius 2 is 1.46 bits per heavy atom. The number of hydrogen-bond acceptors (Lipinski definition) is 3. The van der Waals surface area contributed by atoms with Crippen LogP contribution >= 0.6 is 11.6 Å². The highest BCUT2D eigenvalue weighted by molar-refractivity contribution is 7.85. The summed E-state index contributed by atoms with van der Waals surface area (Å²) >= 11 is 5.88. The Morgan fingerprint density at radius 1 is 0.846 bits per heavy atom. The van der Waals surface area contributed by atoms with Gasteiger partial charge < -0.3 is 9.80 Å². The van der Waals surface area contributed by atoms with Gasteiger partial charge in [0.05, 0.1) is 10.8 Å². The van der Waals surface area contributed by atoms with Crippen molar-refractivity contribution in [2.45, 2.75) is 17.7 Å². The molecule has 0 N–H and O–H groups in total. The van der Waals surface area contributed by atoms with Crippen molar-refractivity contribution in [3.63, 3.8) is 0 Å². The van der Waals surface area contributed by atoms with Gasteiger partial charge in [0.2, 0.25) is 0 Å². The van der Waals surface area contributed by atoms with E-state index in [4.69, 9.17) is 11.6 Å². The molecule has 2 aromatic carbocycles. The minimum Gasteiger partial charge on any atom is -0.301 e. The highest BCUT2D eigenvalue weighted by Crippen LogP contribution is 2.13. The Bertz CT molecular complexity index is 685. The van der Waals surface area contributed by atoms with E-state index in [2.05, 4.69) is 40.1 Å². The van der Waals surface area contributed by atoms with Crippen LogP contribution in [0.5, 0.6) is 0 Å². The van der Waals surface area contributed by atoms with E-state index >= 15 is 0 Å². The molecule has 1 fully saturated rings. The Morgan fingerprint density at radius 3 is 2.12 bits per heavy atom. The van der Waals surface area contributed by atoms with Crippen molar-refractivity contribution in [3.8, 4) is 0 Å². The van der Waals surface area contributed by atoms with Gasteiger partial charge >= 0.3 is 0 Å². The van der Waals surface area contributed by atoms with E-state index in [-0.39, 0.29) is 0 Å². The van der Waals surface area contributed by atoms with Gasteiger partial charge in [-0.1, -0.05) is 41.9 Å². The molecule has 0 aromatic heterocycles. The molecule has 0 spiro atoms. The van der Waals surface area contributed by atoms with Crippen LogP contribution < -0.4 is 0 Å². The van der Waals surface area contributed by atoms with Gasteiger partial charge in [0, 0.05) is 48.4 Å². The predicted octanol–water partition coefficient (Wildman–Crippen LogP) is 3.70. The first-order chi connectivity index (χ1) is 12.7. The van der Waals surface area contributed by atoms with Gasteiger partial charge in [0.1, 0.15) is 0 Å². The van der Waals surface area contributed by atoms with Gasteiger partial charge in [-0.05, 0) is 49.2 Å². The highest BCUT2D eigenvalue weighted by Gasteiger charge is 2.16. The van der Waals surface area contributed by atoms with E-state index in [1.165, 1.54) is 5.56 Å². The molecule has 3 nitrogen and oxygen atoms in total. The monoisotopic (exact) mass is 390 g/mol. The molecule has 5 heteroatoms. The molecule has 1 atom stereocenters. The van der Waals surface area contributed by atoms with Crippen molar-refractivity contribution in [1.82, 2.24) is 9.80 Å². The van der Waals surface area contributed by atoms with Crippen LogP contribution in [0.15, 0.2) is 59.5 Å². The lowest BCUT2D eigenvalue weighted by Gasteiger charge is -2.34. The summed E-state index contributed by atoms with van der Waals surface area (Å²) in [7, 11) is -0.923. The van der Waals surface area contributed by atoms with Crippen molar-refractivity contribution in [1.29, 1.82) is 0 Å². The van der Waals surface area contributed by atoms with Crippen molar-refractivity contribution in [2.75, 3.05) is 45.0 Å². The van der Waals surface area contributed by atoms with Crippen molar-refractivity contribution in [2.24, 2.45) is 0 Å². The second kappa shape index (κ2) is 10.2. The summed E-state index contributed by atoms with van der Waals surface area (Å²) in [6, 6.07) is 18.1. The Kier molecular flexibility index (Phi) is 7.69. The topological polar surface area (TPSA) is 23.6 Å². The molecule has 0 saturated carbocycles. The molecule has 1 unspecified atom stereocenters. The maximum atomic E-state index is 12.3. The minimum atomic E-state index is -0.923. The van der Waals surface area contributed by atoms with E-state index in [1.54, 1.807) is 0 Å². The molecule has 2 aromatic rings. The van der Waals surface area contributed by atoms with Crippen LogP contribution in [-0.4, -0.2) is 59.0 Å². The fraction of sp³-hybridized carbons (Fsp3) is 0.429. The molecule has 1 aliphatic heterocycles. The molecular formula is C21H27ClN2OS. The molecule has 1 aliphatic rings. The fourth-order valence-corrected chi connectivity index (χ4v) is 4.48. The largest absolute Gasteiger partial charge is 0.301 e. The summed E-state index contributed by atoms with van der Waals surface area (Å²) in [6.07, 6.45) is 2.10. The smallest absolute Gasteiger partial charge is 0.0529 e. The molecule has 3 rings (SSSR count). The predicted molar refractivity (Wildman–Crippen MR) is 110 cm³/mol. The zero-order chi connectivity index (χ0) is 18.2. The molecule has 1 saturated heterocycles. The first kappa shape index (κ1) is 19.6. The number of nitrogens with zero attached hydrogens (tertiary/aromatic N) is 2. The normalized spacial score (nSPS) is 17.3. The molecule has 0 radical (unpaired) electrons. The summed E-state index contributed by atoms with van der Waals surface area (Å²) < 4.78 is 12.3. The summed E-state index contributed by atoms with van der Waals surface area (Å²) in [5.74, 6) is 0.718. The third kappa shape index (κ3) is 6.20. The molecule has 0 amide bonds. The van der Waals surface area contributed by atoms with Gasteiger partial charge in [0.15, 0.2) is 0 Å². The van der Waals surface area contributed by atoms with Crippen LogP contribution in [0.4, 0.5) is 0 Å². The molecule has 1 heterocycles. The van der Waals surface area contributed by atoms with Crippen LogP contribution in [0.3, 0.4) is 0 Å². The lowest BCUT2D eigenvalue weighted by Crippen LogP contribution is -2.47. The molecule has 26 heavy (non-hydrogen) atoms. The van der Waals surface area contributed by atoms with Crippen LogP contribution in [0.25, 0.3) is 0 Å². The zero-order valence-corrected chi connectivity index (χ0v) is 16.7. The average molecular weight is 391 g/mol. The van der Waals surface area contributed by atoms with E-state index in [9.17, 15) is 4.21 Å². The molecule has 0 bridgehead atoms. The summed E-state index contributed by atoms with van der Waals surface area (Å²) in [4.78, 5) is 5.92. The second-order valence-electron chi connectivity index (χ2n) is 6.78. The fourth-order valence-electron chi connectivity index (χ4n) is 3.29. The first-order valence-electron chi connectivity index (χ1n) is 9.33. The summed E-state index contributed by atoms with van der Waals surface area (Å²) in [5, 5.41) is 0.691. The van der Waals surface area contributed by atoms with Crippen LogP contribution in [0.2, 0.25) is 5.02 Å². The second-order valence-corrected chi connectivity index (χ2v) is 8.78. The summed E-state index contributed by atoms with van der Waals surface area (Å²) in [6.45, 7) is 6.66. The minimum absolute atomic E-state index is 0.691. The highest BCUT2D eigenvalue weighted by atomic mass is 35.5. The Balaban J connectivity index is 1.31. The number of benzene rings is 2. The maximum absolute atomic E-state index is 12.3. The van der Waals surface area contributed by atoms with Gasteiger partial charge in [-0.15, -0.1) is 0 Å². The van der Waals surface area contributed by atoms with Crippen molar-refractivity contribution in [3.05, 3.63) is 65.2 Å². The standard InChI is InChI=1S/C21H27ClN2OS/c22-20-7-9-21(10-8-20)26(25)18-4-12-23-14-16-24(17-15-23)13-11-19-5-2-1-3-6-19/h1-3,5-10H,4,11-18H2.